The second-order valence-electron chi connectivity index (χ2n) is 6.03. The minimum Gasteiger partial charge on any atom is -0.480 e. The maximum Gasteiger partial charge on any atom is 0.416 e. The Balaban J connectivity index is 3.01. The molecule has 2 atom stereocenters. The molecule has 0 aromatic heterocycles. The first-order chi connectivity index (χ1) is 10.8. The van der Waals surface area contributed by atoms with Crippen molar-refractivity contribution in [3.63, 3.8) is 0 Å². The molecule has 24 heavy (non-hydrogen) atoms. The number of aliphatic carboxylic acids is 1. The molecule has 134 valence electrons. The van der Waals surface area contributed by atoms with E-state index in [0.29, 0.717) is 6.07 Å². The smallest absolute Gasteiger partial charge is 0.416 e. The largest absolute Gasteiger partial charge is 0.480 e. The second kappa shape index (κ2) is 7.08. The Morgan fingerprint density at radius 2 is 1.79 bits per heavy atom. The number of carbonyl (C=O) groups excluding carboxylic acids is 1. The topological polar surface area (TPSA) is 95.9 Å². The van der Waals surface area contributed by atoms with E-state index in [4.69, 9.17) is 9.84 Å². The van der Waals surface area contributed by atoms with Crippen LogP contribution < -0.4 is 5.32 Å². The van der Waals surface area contributed by atoms with Crippen LogP contribution in [0.25, 0.3) is 0 Å². The zero-order valence-corrected chi connectivity index (χ0v) is 13.2. The number of carboxylic acid groups (broad SMARTS) is 1. The second-order valence-corrected chi connectivity index (χ2v) is 6.03. The fraction of sp³-hybridized carbons (Fsp3) is 0.467. The number of aliphatic hydroxyl groups excluding tert-OH is 1. The Kier molecular flexibility index (Phi) is 5.83. The molecular weight excluding hydrogens is 331 g/mol. The number of nitrogens with one attached hydrogen (secondary N) is 1. The fourth-order valence-electron chi connectivity index (χ4n) is 1.80. The highest BCUT2D eigenvalue weighted by Gasteiger charge is 2.34. The van der Waals surface area contributed by atoms with Crippen LogP contribution in [0.1, 0.15) is 38.0 Å². The Hall–Kier alpha value is -2.29. The van der Waals surface area contributed by atoms with Crippen molar-refractivity contribution in [2.45, 2.75) is 44.7 Å². The zero-order valence-electron chi connectivity index (χ0n) is 13.2. The van der Waals surface area contributed by atoms with E-state index in [9.17, 15) is 27.9 Å². The fourth-order valence-corrected chi connectivity index (χ4v) is 1.80. The minimum atomic E-state index is -4.65. The first-order valence-electron chi connectivity index (χ1n) is 6.89. The van der Waals surface area contributed by atoms with E-state index in [-0.39, 0.29) is 5.56 Å². The van der Waals surface area contributed by atoms with Crippen molar-refractivity contribution in [2.75, 3.05) is 0 Å². The van der Waals surface area contributed by atoms with Crippen molar-refractivity contribution in [3.05, 3.63) is 35.4 Å². The lowest BCUT2D eigenvalue weighted by molar-refractivity contribution is -0.142. The van der Waals surface area contributed by atoms with Gasteiger partial charge in [0, 0.05) is 0 Å². The molecule has 0 bridgehead atoms. The van der Waals surface area contributed by atoms with Crippen molar-refractivity contribution in [2.24, 2.45) is 0 Å². The predicted octanol–water partition coefficient (Wildman–Crippen LogP) is 2.72. The zero-order chi connectivity index (χ0) is 18.7. The van der Waals surface area contributed by atoms with Crippen LogP contribution in [0.3, 0.4) is 0 Å². The number of alkyl carbamates (subject to hydrolysis) is 1. The minimum absolute atomic E-state index is 0.298. The van der Waals surface area contributed by atoms with Crippen LogP contribution in [0, 0.1) is 0 Å². The normalized spacial score (nSPS) is 14.6. The molecule has 0 aliphatic carbocycles. The summed E-state index contributed by atoms with van der Waals surface area (Å²) in [4.78, 5) is 22.9. The third-order valence-corrected chi connectivity index (χ3v) is 2.81. The molecule has 9 heteroatoms. The van der Waals surface area contributed by atoms with E-state index < -0.39 is 41.5 Å². The quantitative estimate of drug-likeness (QED) is 0.777. The van der Waals surface area contributed by atoms with Crippen molar-refractivity contribution in [3.8, 4) is 0 Å². The van der Waals surface area contributed by atoms with Gasteiger partial charge in [-0.15, -0.1) is 0 Å². The van der Waals surface area contributed by atoms with Crippen LogP contribution >= 0.6 is 0 Å². The number of alkyl halides is 3. The van der Waals surface area contributed by atoms with Gasteiger partial charge in [0.25, 0.3) is 0 Å². The highest BCUT2D eigenvalue weighted by atomic mass is 19.4. The van der Waals surface area contributed by atoms with Gasteiger partial charge in [-0.3, -0.25) is 0 Å². The molecule has 0 aliphatic rings. The Morgan fingerprint density at radius 3 is 2.25 bits per heavy atom. The SMILES string of the molecule is CC(C)(C)OC(=O)N[C@H](C(=O)O)[C@H](O)c1cccc(C(F)(F)F)c1. The molecular formula is C15H18F3NO5. The number of aliphatic hydroxyl groups is 1. The first-order valence-corrected chi connectivity index (χ1v) is 6.89. The molecule has 0 saturated carbocycles. The monoisotopic (exact) mass is 349 g/mol. The summed E-state index contributed by atoms with van der Waals surface area (Å²) >= 11 is 0. The molecule has 1 aromatic rings. The molecule has 0 radical (unpaired) electrons. The number of carbonyl (C=O) groups is 2. The Labute approximate surface area is 136 Å². The highest BCUT2D eigenvalue weighted by Crippen LogP contribution is 2.31. The van der Waals surface area contributed by atoms with Crippen LogP contribution in [0.4, 0.5) is 18.0 Å². The maximum atomic E-state index is 12.7. The van der Waals surface area contributed by atoms with Crippen molar-refractivity contribution in [1.29, 1.82) is 0 Å². The number of hydrogen-bond donors (Lipinski definition) is 3. The summed E-state index contributed by atoms with van der Waals surface area (Å²) in [7, 11) is 0. The highest BCUT2D eigenvalue weighted by molar-refractivity contribution is 5.80. The molecule has 1 amide bonds. The number of rotatable bonds is 4. The molecule has 1 aromatic carbocycles. The Bertz CT molecular complexity index is 610. The average molecular weight is 349 g/mol. The standard InChI is InChI=1S/C15H18F3NO5/c1-14(2,3)24-13(23)19-10(12(21)22)11(20)8-5-4-6-9(7-8)15(16,17)18/h4-7,10-11,20H,1-3H3,(H,19,23)(H,21,22)/t10-,11+/m0/s1. The summed E-state index contributed by atoms with van der Waals surface area (Å²) in [5.41, 5.74) is -2.25. The van der Waals surface area contributed by atoms with E-state index in [1.54, 1.807) is 20.8 Å². The summed E-state index contributed by atoms with van der Waals surface area (Å²) in [6.07, 6.45) is -7.65. The molecule has 0 saturated heterocycles. The van der Waals surface area contributed by atoms with Gasteiger partial charge in [0.05, 0.1) is 5.56 Å². The maximum absolute atomic E-state index is 12.7. The third kappa shape index (κ3) is 5.73. The van der Waals surface area contributed by atoms with Gasteiger partial charge in [-0.2, -0.15) is 13.2 Å². The molecule has 0 heterocycles. The van der Waals surface area contributed by atoms with Gasteiger partial charge in [-0.1, -0.05) is 12.1 Å². The molecule has 0 aliphatic heterocycles. The number of ether oxygens (including phenoxy) is 1. The van der Waals surface area contributed by atoms with Crippen LogP contribution in [-0.4, -0.2) is 33.9 Å². The molecule has 6 nitrogen and oxygen atoms in total. The van der Waals surface area contributed by atoms with Crippen LogP contribution in [-0.2, 0) is 15.7 Å². The molecule has 1 rings (SSSR count). The van der Waals surface area contributed by atoms with Crippen LogP contribution in [0.5, 0.6) is 0 Å². The van der Waals surface area contributed by atoms with E-state index in [1.165, 1.54) is 0 Å². The molecule has 0 spiro atoms. The van der Waals surface area contributed by atoms with Crippen molar-refractivity contribution >= 4 is 12.1 Å². The third-order valence-electron chi connectivity index (χ3n) is 2.81. The van der Waals surface area contributed by atoms with Gasteiger partial charge >= 0.3 is 18.2 Å². The van der Waals surface area contributed by atoms with E-state index in [0.717, 1.165) is 18.2 Å². The van der Waals surface area contributed by atoms with E-state index >= 15 is 0 Å². The molecule has 3 N–H and O–H groups in total. The summed E-state index contributed by atoms with van der Waals surface area (Å²) in [5.74, 6) is -1.62. The van der Waals surface area contributed by atoms with E-state index in [2.05, 4.69) is 0 Å². The number of hydrogen-bond acceptors (Lipinski definition) is 4. The molecule has 0 unspecified atom stereocenters. The summed E-state index contributed by atoms with van der Waals surface area (Å²) in [5, 5.41) is 21.1. The number of carboxylic acids is 1. The van der Waals surface area contributed by atoms with Gasteiger partial charge in [0.15, 0.2) is 6.04 Å². The van der Waals surface area contributed by atoms with E-state index in [1.807, 2.05) is 5.32 Å². The number of amides is 1. The Morgan fingerprint density at radius 1 is 1.21 bits per heavy atom. The predicted molar refractivity (Wildman–Crippen MR) is 77.2 cm³/mol. The summed E-state index contributed by atoms with van der Waals surface area (Å²) in [6.45, 7) is 4.64. The number of benzene rings is 1. The van der Waals surface area contributed by atoms with Gasteiger partial charge in [0.2, 0.25) is 0 Å². The average Bonchev–Trinajstić information content (AvgIpc) is 2.41. The van der Waals surface area contributed by atoms with Gasteiger partial charge in [0.1, 0.15) is 11.7 Å². The first kappa shape index (κ1) is 19.8. The number of halogens is 3. The van der Waals surface area contributed by atoms with Gasteiger partial charge in [-0.25, -0.2) is 9.59 Å². The van der Waals surface area contributed by atoms with Crippen molar-refractivity contribution in [1.82, 2.24) is 5.32 Å². The lowest BCUT2D eigenvalue weighted by Crippen LogP contribution is -2.46. The lowest BCUT2D eigenvalue weighted by Gasteiger charge is -2.24. The summed E-state index contributed by atoms with van der Waals surface area (Å²) in [6, 6.07) is 1.70. The van der Waals surface area contributed by atoms with Gasteiger partial charge < -0.3 is 20.3 Å². The van der Waals surface area contributed by atoms with Crippen LogP contribution in [0.2, 0.25) is 0 Å². The van der Waals surface area contributed by atoms with Crippen LogP contribution in [0.15, 0.2) is 24.3 Å². The van der Waals surface area contributed by atoms with Gasteiger partial charge in [-0.05, 0) is 38.5 Å². The molecule has 0 fully saturated rings. The lowest BCUT2D eigenvalue weighted by atomic mass is 10.00. The van der Waals surface area contributed by atoms with Crippen molar-refractivity contribution < 1.29 is 37.7 Å². The summed E-state index contributed by atoms with van der Waals surface area (Å²) < 4.78 is 43.0.